The fourth-order valence-electron chi connectivity index (χ4n) is 8.41. The summed E-state index contributed by atoms with van der Waals surface area (Å²) in [6, 6.07) is -1.28. The average molecular weight is 544 g/mol. The van der Waals surface area contributed by atoms with Crippen LogP contribution in [0.4, 0.5) is 10.2 Å². The molecule has 3 saturated carbocycles. The second-order valence-electron chi connectivity index (χ2n) is 11.9. The molecule has 0 spiro atoms. The Morgan fingerprint density at radius 2 is 1.90 bits per heavy atom. The second kappa shape index (κ2) is 9.65. The quantitative estimate of drug-likeness (QED) is 0.324. The van der Waals surface area contributed by atoms with E-state index in [1.807, 2.05) is 0 Å². The van der Waals surface area contributed by atoms with E-state index in [1.165, 1.54) is 29.9 Å². The minimum atomic E-state index is -1.49. The Bertz CT molecular complexity index is 1200. The van der Waals surface area contributed by atoms with Gasteiger partial charge in [0.1, 0.15) is 18.5 Å². The molecule has 2 saturated heterocycles. The Balaban J connectivity index is 1.30. The number of amides is 1. The molecule has 1 aromatic rings. The summed E-state index contributed by atoms with van der Waals surface area (Å²) in [6.07, 6.45) is 8.38. The van der Waals surface area contributed by atoms with Gasteiger partial charge in [-0.05, 0) is 47.4 Å². The summed E-state index contributed by atoms with van der Waals surface area (Å²) in [7, 11) is 0. The van der Waals surface area contributed by atoms with Crippen LogP contribution in [0.15, 0.2) is 24.3 Å². The van der Waals surface area contributed by atoms with Crippen LogP contribution in [0.1, 0.15) is 51.0 Å². The van der Waals surface area contributed by atoms with Crippen molar-refractivity contribution in [2.45, 2.75) is 81.5 Å². The first kappa shape index (κ1) is 25.1. The van der Waals surface area contributed by atoms with E-state index >= 15 is 4.39 Å². The zero-order valence-corrected chi connectivity index (χ0v) is 21.8. The van der Waals surface area contributed by atoms with Crippen LogP contribution in [-0.4, -0.2) is 92.7 Å². The minimum Gasteiger partial charge on any atom is -0.378 e. The summed E-state index contributed by atoms with van der Waals surface area (Å²) in [4.78, 5) is 46.0. The number of ether oxygens (including phenoxy) is 2. The van der Waals surface area contributed by atoms with Crippen LogP contribution >= 0.6 is 0 Å². The van der Waals surface area contributed by atoms with Crippen molar-refractivity contribution < 1.29 is 28.4 Å². The highest BCUT2D eigenvalue weighted by atomic mass is 19.1. The maximum atomic E-state index is 16.1. The molecule has 12 heteroatoms. The molecule has 9 unspecified atom stereocenters. The third-order valence-electron chi connectivity index (χ3n) is 10.1. The standard InChI is InChI=1S/C27H34FN5O6/c28-19-11-17-23-26(24(19)31-13-21(29-14-31)33(36)37)39-20-6-5-15-3-1-2-4-16(15)22(20)32(23)12-18(25(17)34)27(35)30-7-9-38-10-8-30/h12-17,19-20,22-24,26H,1-11H2. The summed E-state index contributed by atoms with van der Waals surface area (Å²) in [5, 5.41) is 11.3. The maximum Gasteiger partial charge on any atom is 0.381 e. The number of Topliss-reactive ketones (excluding diaryl/α,β-unsaturated/α-hetero) is 1. The van der Waals surface area contributed by atoms with Gasteiger partial charge in [0.05, 0.1) is 43.0 Å². The number of imidazole rings is 1. The number of carbonyl (C=O) groups excluding carboxylic acids is 2. The number of alkyl halides is 1. The molecule has 7 rings (SSSR count). The summed E-state index contributed by atoms with van der Waals surface area (Å²) in [5.41, 5.74) is 0.138. The van der Waals surface area contributed by atoms with Crippen molar-refractivity contribution in [2.24, 2.45) is 17.8 Å². The highest BCUT2D eigenvalue weighted by Crippen LogP contribution is 2.53. The molecule has 3 aliphatic carbocycles. The lowest BCUT2D eigenvalue weighted by atomic mass is 9.63. The summed E-state index contributed by atoms with van der Waals surface area (Å²) < 4.78 is 29.7. The number of carbonyl (C=O) groups is 2. The molecule has 0 radical (unpaired) electrons. The van der Waals surface area contributed by atoms with Gasteiger partial charge in [-0.2, -0.15) is 0 Å². The Morgan fingerprint density at radius 3 is 2.67 bits per heavy atom. The van der Waals surface area contributed by atoms with Crippen LogP contribution in [0.25, 0.3) is 0 Å². The number of ketones is 1. The van der Waals surface area contributed by atoms with E-state index in [0.29, 0.717) is 38.1 Å². The maximum absolute atomic E-state index is 16.1. The van der Waals surface area contributed by atoms with E-state index in [9.17, 15) is 19.7 Å². The van der Waals surface area contributed by atoms with Gasteiger partial charge in [0, 0.05) is 25.2 Å². The second-order valence-corrected chi connectivity index (χ2v) is 11.9. The molecule has 4 heterocycles. The molecule has 0 N–H and O–H groups in total. The van der Waals surface area contributed by atoms with Crippen molar-refractivity contribution in [1.82, 2.24) is 19.4 Å². The largest absolute Gasteiger partial charge is 0.381 e. The molecular weight excluding hydrogens is 509 g/mol. The lowest BCUT2D eigenvalue weighted by Crippen LogP contribution is -2.71. The van der Waals surface area contributed by atoms with Gasteiger partial charge in [0.15, 0.2) is 5.78 Å². The summed E-state index contributed by atoms with van der Waals surface area (Å²) in [6.45, 7) is 1.71. The van der Waals surface area contributed by atoms with Crippen LogP contribution in [0.2, 0.25) is 0 Å². The first-order valence-electron chi connectivity index (χ1n) is 14.3. The van der Waals surface area contributed by atoms with Gasteiger partial charge < -0.3 is 34.0 Å². The van der Waals surface area contributed by atoms with Gasteiger partial charge in [0.25, 0.3) is 5.91 Å². The van der Waals surface area contributed by atoms with Crippen LogP contribution in [0.3, 0.4) is 0 Å². The number of nitro groups is 1. The Labute approximate surface area is 225 Å². The first-order chi connectivity index (χ1) is 18.9. The van der Waals surface area contributed by atoms with Crippen molar-refractivity contribution >= 4 is 17.5 Å². The molecular formula is C27H34FN5O6. The number of halogens is 1. The molecule has 9 atom stereocenters. The van der Waals surface area contributed by atoms with Crippen molar-refractivity contribution in [2.75, 3.05) is 26.3 Å². The molecule has 6 aliphatic rings. The molecule has 5 fully saturated rings. The van der Waals surface area contributed by atoms with Crippen molar-refractivity contribution in [3.63, 3.8) is 0 Å². The Hall–Kier alpha value is -2.86. The number of nitrogens with zero attached hydrogens (tertiary/aromatic N) is 5. The fourth-order valence-corrected chi connectivity index (χ4v) is 8.41. The normalized spacial score (nSPS) is 39.8. The van der Waals surface area contributed by atoms with Crippen LogP contribution in [0, 0.1) is 27.9 Å². The number of hydrogen-bond acceptors (Lipinski definition) is 8. The van der Waals surface area contributed by atoms with Crippen molar-refractivity contribution in [3.8, 4) is 0 Å². The monoisotopic (exact) mass is 543 g/mol. The molecule has 0 bridgehead atoms. The molecule has 1 amide bonds. The van der Waals surface area contributed by atoms with Crippen LogP contribution < -0.4 is 0 Å². The number of fused-ring (bicyclic) bond motifs is 4. The summed E-state index contributed by atoms with van der Waals surface area (Å²) >= 11 is 0. The third-order valence-corrected chi connectivity index (χ3v) is 10.1. The van der Waals surface area contributed by atoms with E-state index in [-0.39, 0.29) is 41.6 Å². The molecule has 0 aromatic carbocycles. The number of morpholine rings is 2. The molecule has 3 aliphatic heterocycles. The number of aromatic nitrogens is 2. The first-order valence-corrected chi connectivity index (χ1v) is 14.3. The molecule has 11 nitrogen and oxygen atoms in total. The highest BCUT2D eigenvalue weighted by molar-refractivity contribution is 6.20. The minimum absolute atomic E-state index is 0.0160. The number of hydrogen-bond donors (Lipinski definition) is 0. The van der Waals surface area contributed by atoms with Crippen molar-refractivity contribution in [3.05, 3.63) is 34.4 Å². The number of rotatable bonds is 3. The Morgan fingerprint density at radius 1 is 1.10 bits per heavy atom. The smallest absolute Gasteiger partial charge is 0.378 e. The predicted octanol–water partition coefficient (Wildman–Crippen LogP) is 2.42. The lowest BCUT2D eigenvalue weighted by Gasteiger charge is -2.62. The van der Waals surface area contributed by atoms with Gasteiger partial charge in [-0.3, -0.25) is 9.59 Å². The van der Waals surface area contributed by atoms with E-state index in [2.05, 4.69) is 9.88 Å². The van der Waals surface area contributed by atoms with Crippen LogP contribution in [0.5, 0.6) is 0 Å². The molecule has 210 valence electrons. The zero-order chi connectivity index (χ0) is 26.8. The third kappa shape index (κ3) is 4.01. The predicted molar refractivity (Wildman–Crippen MR) is 134 cm³/mol. The Kier molecular flexibility index (Phi) is 6.22. The van der Waals surface area contributed by atoms with Crippen LogP contribution in [-0.2, 0) is 19.1 Å². The molecule has 39 heavy (non-hydrogen) atoms. The van der Waals surface area contributed by atoms with Gasteiger partial charge >= 0.3 is 5.82 Å². The van der Waals surface area contributed by atoms with E-state index in [1.54, 1.807) is 11.1 Å². The topological polar surface area (TPSA) is 120 Å². The molecule has 1 aromatic heterocycles. The van der Waals surface area contributed by atoms with Gasteiger partial charge in [-0.1, -0.05) is 19.3 Å². The SMILES string of the molecule is O=C1C(C(=O)N2CCOCC2)=CN2C3C(CCC4CCCCC43)OC3C2C1CC(F)C3n1cnc([N+](=O)[O-])c1. The van der Waals surface area contributed by atoms with E-state index < -0.39 is 35.2 Å². The highest BCUT2D eigenvalue weighted by Gasteiger charge is 2.61. The van der Waals surface area contributed by atoms with Gasteiger partial charge in [-0.15, -0.1) is 0 Å². The average Bonchev–Trinajstić information content (AvgIpc) is 3.44. The van der Waals surface area contributed by atoms with Gasteiger partial charge in [0.2, 0.25) is 6.33 Å². The van der Waals surface area contributed by atoms with Crippen molar-refractivity contribution in [1.29, 1.82) is 0 Å². The van der Waals surface area contributed by atoms with E-state index in [0.717, 1.165) is 25.7 Å². The van der Waals surface area contributed by atoms with Gasteiger partial charge in [-0.25, -0.2) is 4.39 Å². The summed E-state index contributed by atoms with van der Waals surface area (Å²) in [5.74, 6) is -0.745. The fraction of sp³-hybridized carbons (Fsp3) is 0.741. The lowest BCUT2D eigenvalue weighted by molar-refractivity contribution is -0.389. The zero-order valence-electron chi connectivity index (χ0n) is 21.8. The van der Waals surface area contributed by atoms with E-state index in [4.69, 9.17) is 9.47 Å².